The van der Waals surface area contributed by atoms with Crippen molar-refractivity contribution >= 4 is 23.9 Å². The van der Waals surface area contributed by atoms with Crippen LogP contribution in [0.25, 0.3) is 5.69 Å². The van der Waals surface area contributed by atoms with Crippen molar-refractivity contribution in [2.24, 2.45) is 0 Å². The minimum atomic E-state index is -0.601. The SMILES string of the molecule is COC(=O)[C@@H]1CN(C(=O)Nc2ccn(-c3ccc(CN4CCC(NC(=O)OC(C)(C)C)CC4)cc3)c(=O)n2)CCN1. The predicted octanol–water partition coefficient (Wildman–Crippen LogP) is 1.70. The standard InChI is InChI=1S/C28H39N7O6/c1-28(2,3)41-27(39)30-20-9-13-33(14-10-20)17-19-5-7-21(8-6-19)35-15-11-23(32-26(35)38)31-25(37)34-16-12-29-22(18-34)24(36)40-4/h5-8,11,15,20,22,29H,9-10,12-14,16-18H2,1-4H3,(H,30,39)(H,31,32,37,38)/t22-/m0/s1. The molecule has 3 heterocycles. The lowest BCUT2D eigenvalue weighted by Crippen LogP contribution is -2.56. The number of carbonyl (C=O) groups is 3. The number of ether oxygens (including phenoxy) is 2. The normalized spacial score (nSPS) is 18.4. The third-order valence-corrected chi connectivity index (χ3v) is 6.92. The second-order valence-electron chi connectivity index (χ2n) is 11.2. The molecule has 1 aromatic carbocycles. The molecule has 0 spiro atoms. The summed E-state index contributed by atoms with van der Waals surface area (Å²) >= 11 is 0. The van der Waals surface area contributed by atoms with Gasteiger partial charge in [-0.2, -0.15) is 4.98 Å². The number of carbonyl (C=O) groups excluding carboxylic acids is 3. The zero-order valence-electron chi connectivity index (χ0n) is 24.0. The number of hydrogen-bond donors (Lipinski definition) is 3. The molecule has 222 valence electrons. The fourth-order valence-corrected chi connectivity index (χ4v) is 4.82. The van der Waals surface area contributed by atoms with Crippen molar-refractivity contribution in [1.29, 1.82) is 0 Å². The van der Waals surface area contributed by atoms with Gasteiger partial charge in [-0.1, -0.05) is 12.1 Å². The fraction of sp³-hybridized carbons (Fsp3) is 0.536. The van der Waals surface area contributed by atoms with Gasteiger partial charge in [0.05, 0.1) is 12.8 Å². The first kappa shape index (κ1) is 30.0. The predicted molar refractivity (Wildman–Crippen MR) is 152 cm³/mol. The number of piperazine rings is 1. The molecule has 41 heavy (non-hydrogen) atoms. The van der Waals surface area contributed by atoms with Crippen molar-refractivity contribution in [2.45, 2.75) is 57.8 Å². The molecule has 2 aliphatic heterocycles. The maximum absolute atomic E-state index is 12.7. The Morgan fingerprint density at radius 3 is 2.41 bits per heavy atom. The summed E-state index contributed by atoms with van der Waals surface area (Å²) in [6, 6.07) is 8.29. The Labute approximate surface area is 239 Å². The highest BCUT2D eigenvalue weighted by molar-refractivity contribution is 5.89. The molecule has 2 aliphatic rings. The summed E-state index contributed by atoms with van der Waals surface area (Å²) in [5.41, 5.74) is 0.730. The quantitative estimate of drug-likeness (QED) is 0.442. The van der Waals surface area contributed by atoms with Crippen LogP contribution in [-0.2, 0) is 20.8 Å². The number of benzene rings is 1. The monoisotopic (exact) mass is 569 g/mol. The smallest absolute Gasteiger partial charge is 0.407 e. The number of nitrogens with zero attached hydrogens (tertiary/aromatic N) is 4. The Kier molecular flexibility index (Phi) is 9.61. The number of amides is 3. The second kappa shape index (κ2) is 13.1. The fourth-order valence-electron chi connectivity index (χ4n) is 4.82. The number of anilines is 1. The van der Waals surface area contributed by atoms with E-state index in [0.717, 1.165) is 38.0 Å². The zero-order chi connectivity index (χ0) is 29.6. The summed E-state index contributed by atoms with van der Waals surface area (Å²) in [5.74, 6) is -0.308. The Bertz CT molecular complexity index is 1280. The average molecular weight is 570 g/mol. The minimum Gasteiger partial charge on any atom is -0.468 e. The van der Waals surface area contributed by atoms with E-state index in [-0.39, 0.29) is 24.5 Å². The molecule has 3 N–H and O–H groups in total. The molecule has 1 atom stereocenters. The number of aromatic nitrogens is 2. The highest BCUT2D eigenvalue weighted by Crippen LogP contribution is 2.17. The molecule has 13 heteroatoms. The van der Waals surface area contributed by atoms with Gasteiger partial charge in [-0.05, 0) is 57.4 Å². The molecule has 1 aromatic heterocycles. The maximum Gasteiger partial charge on any atom is 0.407 e. The molecular formula is C28H39N7O6. The molecule has 0 bridgehead atoms. The highest BCUT2D eigenvalue weighted by Gasteiger charge is 2.29. The molecule has 0 radical (unpaired) electrons. The van der Waals surface area contributed by atoms with Crippen LogP contribution >= 0.6 is 0 Å². The minimum absolute atomic E-state index is 0.101. The van der Waals surface area contributed by atoms with E-state index in [9.17, 15) is 19.2 Å². The van der Waals surface area contributed by atoms with Crippen LogP contribution in [0.2, 0.25) is 0 Å². The summed E-state index contributed by atoms with van der Waals surface area (Å²) in [7, 11) is 1.30. The van der Waals surface area contributed by atoms with Gasteiger partial charge >= 0.3 is 23.8 Å². The van der Waals surface area contributed by atoms with Crippen molar-refractivity contribution in [3.05, 3.63) is 52.6 Å². The first-order chi connectivity index (χ1) is 19.5. The lowest BCUT2D eigenvalue weighted by molar-refractivity contribution is -0.143. The van der Waals surface area contributed by atoms with Gasteiger partial charge in [0.1, 0.15) is 17.5 Å². The average Bonchev–Trinajstić information content (AvgIpc) is 2.93. The number of alkyl carbamates (subject to hydrolysis) is 1. The number of rotatable bonds is 6. The Balaban J connectivity index is 1.28. The number of piperidine rings is 1. The molecule has 3 amide bonds. The van der Waals surface area contributed by atoms with Crippen LogP contribution in [0.15, 0.2) is 41.3 Å². The summed E-state index contributed by atoms with van der Waals surface area (Å²) in [4.78, 5) is 57.0. The summed E-state index contributed by atoms with van der Waals surface area (Å²) in [6.07, 6.45) is 2.89. The lowest BCUT2D eigenvalue weighted by atomic mass is 10.0. The number of nitrogens with one attached hydrogen (secondary N) is 3. The van der Waals surface area contributed by atoms with Gasteiger partial charge < -0.3 is 25.0 Å². The van der Waals surface area contributed by atoms with E-state index in [4.69, 9.17) is 9.47 Å². The van der Waals surface area contributed by atoms with E-state index in [1.807, 2.05) is 45.0 Å². The number of esters is 1. The summed E-state index contributed by atoms with van der Waals surface area (Å²) in [6.45, 7) is 9.03. The van der Waals surface area contributed by atoms with Gasteiger partial charge in [-0.15, -0.1) is 0 Å². The molecular weight excluding hydrogens is 530 g/mol. The molecule has 0 aliphatic carbocycles. The van der Waals surface area contributed by atoms with E-state index in [1.165, 1.54) is 16.6 Å². The molecule has 2 saturated heterocycles. The second-order valence-corrected chi connectivity index (χ2v) is 11.2. The third-order valence-electron chi connectivity index (χ3n) is 6.92. The van der Waals surface area contributed by atoms with Gasteiger partial charge in [0.2, 0.25) is 0 Å². The van der Waals surface area contributed by atoms with Crippen molar-refractivity contribution in [3.8, 4) is 5.69 Å². The topological polar surface area (TPSA) is 147 Å². The third kappa shape index (κ3) is 8.51. The van der Waals surface area contributed by atoms with Crippen molar-refractivity contribution < 1.29 is 23.9 Å². The van der Waals surface area contributed by atoms with Gasteiger partial charge in [-0.3, -0.25) is 19.6 Å². The van der Waals surface area contributed by atoms with Gasteiger partial charge in [-0.25, -0.2) is 14.4 Å². The van der Waals surface area contributed by atoms with Crippen molar-refractivity contribution in [3.63, 3.8) is 0 Å². The van der Waals surface area contributed by atoms with E-state index >= 15 is 0 Å². The summed E-state index contributed by atoms with van der Waals surface area (Å²) in [5, 5.41) is 8.60. The van der Waals surface area contributed by atoms with Gasteiger partial charge in [0.15, 0.2) is 0 Å². The number of methoxy groups -OCH3 is 1. The molecule has 4 rings (SSSR count). The van der Waals surface area contributed by atoms with Crippen molar-refractivity contribution in [1.82, 2.24) is 30.0 Å². The molecule has 0 saturated carbocycles. The Hall–Kier alpha value is -3.97. The molecule has 2 aromatic rings. The van der Waals surface area contributed by atoms with E-state index in [0.29, 0.717) is 18.8 Å². The first-order valence-corrected chi connectivity index (χ1v) is 13.8. The van der Waals surface area contributed by atoms with Gasteiger partial charge in [0, 0.05) is 51.5 Å². The Morgan fingerprint density at radius 2 is 1.78 bits per heavy atom. The van der Waals surface area contributed by atoms with Crippen LogP contribution in [0.5, 0.6) is 0 Å². The lowest BCUT2D eigenvalue weighted by Gasteiger charge is -2.32. The highest BCUT2D eigenvalue weighted by atomic mass is 16.6. The summed E-state index contributed by atoms with van der Waals surface area (Å²) < 4.78 is 11.5. The van der Waals surface area contributed by atoms with Crippen LogP contribution in [0, 0.1) is 0 Å². The van der Waals surface area contributed by atoms with E-state index in [1.54, 1.807) is 12.3 Å². The van der Waals surface area contributed by atoms with Crippen LogP contribution in [0.1, 0.15) is 39.2 Å². The largest absolute Gasteiger partial charge is 0.468 e. The van der Waals surface area contributed by atoms with Gasteiger partial charge in [0.25, 0.3) is 0 Å². The van der Waals surface area contributed by atoms with E-state index in [2.05, 4.69) is 25.8 Å². The first-order valence-electron chi connectivity index (χ1n) is 13.8. The molecule has 2 fully saturated rings. The maximum atomic E-state index is 12.7. The molecule has 13 nitrogen and oxygen atoms in total. The number of likely N-dealkylation sites (tertiary alicyclic amines) is 1. The number of urea groups is 1. The van der Waals surface area contributed by atoms with Crippen LogP contribution in [-0.4, -0.2) is 95.0 Å². The van der Waals surface area contributed by atoms with E-state index < -0.39 is 29.3 Å². The Morgan fingerprint density at radius 1 is 1.07 bits per heavy atom. The zero-order valence-corrected chi connectivity index (χ0v) is 24.0. The number of hydrogen-bond acceptors (Lipinski definition) is 9. The van der Waals surface area contributed by atoms with Crippen LogP contribution in [0.3, 0.4) is 0 Å². The molecule has 0 unspecified atom stereocenters. The van der Waals surface area contributed by atoms with Crippen LogP contribution in [0.4, 0.5) is 15.4 Å². The van der Waals surface area contributed by atoms with Crippen LogP contribution < -0.4 is 21.6 Å². The van der Waals surface area contributed by atoms with Crippen molar-refractivity contribution in [2.75, 3.05) is 45.2 Å².